The molecule has 0 unspecified atom stereocenters. The van der Waals surface area contributed by atoms with E-state index in [2.05, 4.69) is 15.1 Å². The molecule has 4 aromatic rings. The summed E-state index contributed by atoms with van der Waals surface area (Å²) in [5.74, 6) is -1.20. The van der Waals surface area contributed by atoms with Crippen molar-refractivity contribution in [2.75, 3.05) is 0 Å². The highest BCUT2D eigenvalue weighted by molar-refractivity contribution is 7.18. The Morgan fingerprint density at radius 2 is 2.00 bits per heavy atom. The Morgan fingerprint density at radius 1 is 1.23 bits per heavy atom. The Hall–Kier alpha value is -3.08. The lowest BCUT2D eigenvalue weighted by Crippen LogP contribution is -2.21. The van der Waals surface area contributed by atoms with Gasteiger partial charge in [-0.25, -0.2) is 9.37 Å². The van der Waals surface area contributed by atoms with Crippen molar-refractivity contribution in [3.05, 3.63) is 62.6 Å². The lowest BCUT2D eigenvalue weighted by atomic mass is 10.1. The van der Waals surface area contributed by atoms with Crippen LogP contribution in [0.15, 0.2) is 33.8 Å². The van der Waals surface area contributed by atoms with Gasteiger partial charge in [-0.1, -0.05) is 5.16 Å². The molecule has 0 atom stereocenters. The number of aromatic nitrogens is 4. The highest BCUT2D eigenvalue weighted by Gasteiger charge is 2.35. The molecule has 0 N–H and O–H groups in total. The number of rotatable bonds is 4. The first-order chi connectivity index (χ1) is 14.1. The molecular formula is C19H14F4N4O2S. The molecule has 4 rings (SSSR count). The summed E-state index contributed by atoms with van der Waals surface area (Å²) in [7, 11) is 0. The molecule has 0 aliphatic carbocycles. The van der Waals surface area contributed by atoms with Crippen molar-refractivity contribution < 1.29 is 22.1 Å². The van der Waals surface area contributed by atoms with Gasteiger partial charge in [-0.3, -0.25) is 9.36 Å². The SMILES string of the molecule is Cc1sc2ncn(CCc3nc(-c4cc(F)ccc4C(F)(F)F)no3)c(=O)c2c1C. The van der Waals surface area contributed by atoms with Gasteiger partial charge in [0.25, 0.3) is 5.56 Å². The second-order valence-electron chi connectivity index (χ2n) is 6.66. The van der Waals surface area contributed by atoms with Crippen LogP contribution >= 0.6 is 11.3 Å². The molecule has 1 aromatic carbocycles. The Morgan fingerprint density at radius 3 is 2.73 bits per heavy atom. The van der Waals surface area contributed by atoms with Gasteiger partial charge in [0.2, 0.25) is 11.7 Å². The summed E-state index contributed by atoms with van der Waals surface area (Å²) in [6.45, 7) is 3.91. The van der Waals surface area contributed by atoms with Crippen molar-refractivity contribution >= 4 is 21.6 Å². The second-order valence-corrected chi connectivity index (χ2v) is 7.86. The van der Waals surface area contributed by atoms with Crippen LogP contribution in [0.1, 0.15) is 21.9 Å². The third-order valence-corrected chi connectivity index (χ3v) is 5.83. The molecule has 0 spiro atoms. The first-order valence-corrected chi connectivity index (χ1v) is 9.61. The predicted molar refractivity (Wildman–Crippen MR) is 102 cm³/mol. The summed E-state index contributed by atoms with van der Waals surface area (Å²) < 4.78 is 59.5. The third-order valence-electron chi connectivity index (χ3n) is 4.72. The molecule has 3 aromatic heterocycles. The van der Waals surface area contributed by atoms with Gasteiger partial charge in [0, 0.05) is 23.4 Å². The van der Waals surface area contributed by atoms with E-state index in [4.69, 9.17) is 4.52 Å². The number of fused-ring (bicyclic) bond motifs is 1. The molecule has 3 heterocycles. The number of hydrogen-bond donors (Lipinski definition) is 0. The van der Waals surface area contributed by atoms with Crippen molar-refractivity contribution in [2.45, 2.75) is 33.0 Å². The van der Waals surface area contributed by atoms with Crippen LogP contribution in [0.2, 0.25) is 0 Å². The van der Waals surface area contributed by atoms with E-state index in [0.717, 1.165) is 16.5 Å². The largest absolute Gasteiger partial charge is 0.417 e. The molecule has 0 fully saturated rings. The van der Waals surface area contributed by atoms with Crippen LogP contribution in [-0.4, -0.2) is 19.7 Å². The maximum atomic E-state index is 13.5. The molecule has 6 nitrogen and oxygen atoms in total. The van der Waals surface area contributed by atoms with Crippen LogP contribution in [0.4, 0.5) is 17.6 Å². The van der Waals surface area contributed by atoms with Gasteiger partial charge in [-0.05, 0) is 37.6 Å². The highest BCUT2D eigenvalue weighted by atomic mass is 32.1. The van der Waals surface area contributed by atoms with E-state index in [0.29, 0.717) is 22.3 Å². The summed E-state index contributed by atoms with van der Waals surface area (Å²) in [6.07, 6.45) is -3.20. The van der Waals surface area contributed by atoms with E-state index in [1.165, 1.54) is 22.2 Å². The molecule has 0 aliphatic heterocycles. The minimum absolute atomic E-state index is 0.0209. The number of hydrogen-bond acceptors (Lipinski definition) is 6. The van der Waals surface area contributed by atoms with Crippen LogP contribution in [0.5, 0.6) is 0 Å². The quantitative estimate of drug-likeness (QED) is 0.438. The number of halogens is 4. The summed E-state index contributed by atoms with van der Waals surface area (Å²) in [5.41, 5.74) is -0.925. The molecule has 11 heteroatoms. The second kappa shape index (κ2) is 7.31. The highest BCUT2D eigenvalue weighted by Crippen LogP contribution is 2.36. The first-order valence-electron chi connectivity index (χ1n) is 8.80. The minimum Gasteiger partial charge on any atom is -0.339 e. The molecule has 0 bridgehead atoms. The minimum atomic E-state index is -4.70. The Bertz CT molecular complexity index is 1310. The lowest BCUT2D eigenvalue weighted by molar-refractivity contribution is -0.137. The van der Waals surface area contributed by atoms with Gasteiger partial charge in [-0.15, -0.1) is 11.3 Å². The smallest absolute Gasteiger partial charge is 0.339 e. The number of aryl methyl sites for hydroxylation is 4. The number of thiophene rings is 1. The van der Waals surface area contributed by atoms with Crippen molar-refractivity contribution in [1.82, 2.24) is 19.7 Å². The van der Waals surface area contributed by atoms with Crippen LogP contribution in [-0.2, 0) is 19.1 Å². The number of nitrogens with zero attached hydrogens (tertiary/aromatic N) is 4. The van der Waals surface area contributed by atoms with Gasteiger partial charge < -0.3 is 4.52 Å². The van der Waals surface area contributed by atoms with E-state index < -0.39 is 23.1 Å². The molecule has 0 radical (unpaired) electrons. The molecule has 0 saturated heterocycles. The van der Waals surface area contributed by atoms with Crippen LogP contribution < -0.4 is 5.56 Å². The summed E-state index contributed by atoms with van der Waals surface area (Å²) in [4.78, 5) is 22.6. The molecule has 156 valence electrons. The molecular weight excluding hydrogens is 424 g/mol. The van der Waals surface area contributed by atoms with Crippen molar-refractivity contribution in [3.8, 4) is 11.4 Å². The molecule has 0 aliphatic rings. The fourth-order valence-corrected chi connectivity index (χ4v) is 4.05. The summed E-state index contributed by atoms with van der Waals surface area (Å²) >= 11 is 1.43. The number of benzene rings is 1. The maximum Gasteiger partial charge on any atom is 0.417 e. The van der Waals surface area contributed by atoms with Crippen LogP contribution in [0, 0.1) is 19.7 Å². The van der Waals surface area contributed by atoms with Gasteiger partial charge in [0.1, 0.15) is 10.6 Å². The number of alkyl halides is 3. The Labute approximate surface area is 170 Å². The van der Waals surface area contributed by atoms with E-state index >= 15 is 0 Å². The van der Waals surface area contributed by atoms with Gasteiger partial charge >= 0.3 is 6.18 Å². The summed E-state index contributed by atoms with van der Waals surface area (Å²) in [6, 6.07) is 2.06. The first kappa shape index (κ1) is 20.2. The Kier molecular flexibility index (Phi) is 4.92. The van der Waals surface area contributed by atoms with Gasteiger partial charge in [0.05, 0.1) is 17.3 Å². The topological polar surface area (TPSA) is 73.8 Å². The van der Waals surface area contributed by atoms with Crippen molar-refractivity contribution in [1.29, 1.82) is 0 Å². The fourth-order valence-electron chi connectivity index (χ4n) is 3.06. The molecule has 0 saturated carbocycles. The fraction of sp³-hybridized carbons (Fsp3) is 0.263. The van der Waals surface area contributed by atoms with Crippen LogP contribution in [0.25, 0.3) is 21.6 Å². The maximum absolute atomic E-state index is 13.5. The van der Waals surface area contributed by atoms with E-state index in [1.807, 2.05) is 13.8 Å². The van der Waals surface area contributed by atoms with E-state index in [9.17, 15) is 22.4 Å². The van der Waals surface area contributed by atoms with Gasteiger partial charge in [0.15, 0.2) is 0 Å². The Balaban J connectivity index is 1.61. The lowest BCUT2D eigenvalue weighted by Gasteiger charge is -2.10. The zero-order valence-electron chi connectivity index (χ0n) is 15.7. The van der Waals surface area contributed by atoms with Gasteiger partial charge in [-0.2, -0.15) is 18.2 Å². The average molecular weight is 438 g/mol. The monoisotopic (exact) mass is 438 g/mol. The average Bonchev–Trinajstić information content (AvgIpc) is 3.25. The molecule has 0 amide bonds. The van der Waals surface area contributed by atoms with E-state index in [-0.39, 0.29) is 30.2 Å². The van der Waals surface area contributed by atoms with Crippen molar-refractivity contribution in [3.63, 3.8) is 0 Å². The third kappa shape index (κ3) is 3.60. The zero-order valence-corrected chi connectivity index (χ0v) is 16.6. The van der Waals surface area contributed by atoms with Crippen molar-refractivity contribution in [2.24, 2.45) is 0 Å². The molecule has 30 heavy (non-hydrogen) atoms. The zero-order chi connectivity index (χ0) is 21.6. The van der Waals surface area contributed by atoms with Crippen LogP contribution in [0.3, 0.4) is 0 Å². The normalized spacial score (nSPS) is 12.1. The standard InChI is InChI=1S/C19H14F4N4O2S/c1-9-10(2)30-17-15(9)18(28)27(8-24-17)6-5-14-25-16(26-29-14)12-7-11(20)3-4-13(12)19(21,22)23/h3-4,7-8H,5-6H2,1-2H3. The summed E-state index contributed by atoms with van der Waals surface area (Å²) in [5, 5.41) is 4.09. The van der Waals surface area contributed by atoms with E-state index in [1.54, 1.807) is 0 Å². The predicted octanol–water partition coefficient (Wildman–Crippen LogP) is 4.53.